The lowest BCUT2D eigenvalue weighted by atomic mass is 9.99. The molecule has 68 heavy (non-hydrogen) atoms. The fourth-order valence-electron chi connectivity index (χ4n) is 7.25. The quantitative estimate of drug-likeness (QED) is 0.0501. The molecular weight excluding hydrogens is 853 g/mol. The van der Waals surface area contributed by atoms with Crippen molar-refractivity contribution in [3.8, 4) is 33.8 Å². The van der Waals surface area contributed by atoms with E-state index >= 15 is 0 Å². The molecule has 342 valence electrons. The number of anilines is 6. The molecule has 2 aromatic heterocycles. The van der Waals surface area contributed by atoms with Crippen LogP contribution in [0.4, 0.5) is 34.4 Å². The lowest BCUT2D eigenvalue weighted by Gasteiger charge is -2.13. The fraction of sp³-hybridized carbons (Fsp3) is 0.0893. The van der Waals surface area contributed by atoms with Gasteiger partial charge in [-0.05, 0) is 111 Å². The van der Waals surface area contributed by atoms with Gasteiger partial charge >= 0.3 is 11.9 Å². The van der Waals surface area contributed by atoms with E-state index in [1.54, 1.807) is 18.3 Å². The standard InChI is InChI=1S/C28H23N3O.C23H19N3O2.C4H6O3.CH4/c29-22-10-5-11-23(18-22)31-28-27-14-6-13-25(26(27)15-16-30-28)21-9-4-12-24(17-21)32-19-20-7-2-1-3-8-20;1-15(27)25-17-6-3-7-18(14-17)26-23-22-10-4-9-20(21(22)11-12-24-23)16-5-2-8-19(28)13-16;1-3(5)7-4(2)6;/h1-18H,19,29H2,(H,30,31);2-14,28H,1H3,(H,24,26)(H,25,27);1-2H3;1H4. The average molecular weight is 905 g/mol. The van der Waals surface area contributed by atoms with Crippen LogP contribution < -0.4 is 26.4 Å². The number of ether oxygens (including phenoxy) is 2. The molecule has 0 aliphatic heterocycles. The maximum atomic E-state index is 11.3. The molecule has 9 aromatic rings. The number of hydrogen-bond donors (Lipinski definition) is 5. The van der Waals surface area contributed by atoms with Gasteiger partial charge < -0.3 is 36.3 Å². The molecule has 6 N–H and O–H groups in total. The second-order valence-electron chi connectivity index (χ2n) is 15.2. The Balaban J connectivity index is 0.000000195. The van der Waals surface area contributed by atoms with Gasteiger partial charge in [-0.25, -0.2) is 9.97 Å². The number of aromatic hydroxyl groups is 1. The van der Waals surface area contributed by atoms with E-state index in [1.807, 2.05) is 128 Å². The van der Waals surface area contributed by atoms with Gasteiger partial charge in [0, 0.05) is 66.7 Å². The van der Waals surface area contributed by atoms with Gasteiger partial charge in [-0.3, -0.25) is 14.4 Å². The topological polar surface area (TPSA) is 178 Å². The van der Waals surface area contributed by atoms with E-state index in [1.165, 1.54) is 20.8 Å². The van der Waals surface area contributed by atoms with Crippen LogP contribution in [0.2, 0.25) is 0 Å². The van der Waals surface area contributed by atoms with E-state index in [-0.39, 0.29) is 19.1 Å². The molecule has 0 spiro atoms. The maximum absolute atomic E-state index is 11.3. The summed E-state index contributed by atoms with van der Waals surface area (Å²) in [4.78, 5) is 40.0. The molecule has 0 atom stereocenters. The predicted molar refractivity (Wildman–Crippen MR) is 274 cm³/mol. The van der Waals surface area contributed by atoms with Crippen LogP contribution in [0.25, 0.3) is 43.8 Å². The van der Waals surface area contributed by atoms with Crippen LogP contribution in [-0.4, -0.2) is 32.9 Å². The van der Waals surface area contributed by atoms with Gasteiger partial charge in [-0.1, -0.05) is 111 Å². The Morgan fingerprint density at radius 2 is 1.07 bits per heavy atom. The van der Waals surface area contributed by atoms with E-state index in [9.17, 15) is 19.5 Å². The highest BCUT2D eigenvalue weighted by molar-refractivity contribution is 6.04. The number of benzene rings is 7. The summed E-state index contributed by atoms with van der Waals surface area (Å²) < 4.78 is 10.0. The number of fused-ring (bicyclic) bond motifs is 2. The van der Waals surface area contributed by atoms with Crippen molar-refractivity contribution in [1.29, 1.82) is 0 Å². The minimum absolute atomic E-state index is 0. The summed E-state index contributed by atoms with van der Waals surface area (Å²) in [7, 11) is 0. The van der Waals surface area contributed by atoms with E-state index < -0.39 is 11.9 Å². The summed E-state index contributed by atoms with van der Waals surface area (Å²) in [5.41, 5.74) is 14.4. The molecule has 0 unspecified atom stereocenters. The Morgan fingerprint density at radius 3 is 1.63 bits per heavy atom. The Kier molecular flexibility index (Phi) is 16.6. The number of rotatable bonds is 10. The molecule has 12 heteroatoms. The summed E-state index contributed by atoms with van der Waals surface area (Å²) in [6, 6.07) is 57.1. The van der Waals surface area contributed by atoms with E-state index in [2.05, 4.69) is 73.1 Å². The van der Waals surface area contributed by atoms with Gasteiger partial charge in [0.25, 0.3) is 0 Å². The van der Waals surface area contributed by atoms with Crippen molar-refractivity contribution >= 4 is 73.8 Å². The zero-order valence-electron chi connectivity index (χ0n) is 37.1. The number of amides is 1. The zero-order chi connectivity index (χ0) is 47.1. The largest absolute Gasteiger partial charge is 0.508 e. The van der Waals surface area contributed by atoms with Gasteiger partial charge in [0.15, 0.2) is 0 Å². The Labute approximate surface area is 395 Å². The van der Waals surface area contributed by atoms with Gasteiger partial charge in [-0.2, -0.15) is 0 Å². The predicted octanol–water partition coefficient (Wildman–Crippen LogP) is 12.8. The van der Waals surface area contributed by atoms with Crippen LogP contribution in [0.5, 0.6) is 11.5 Å². The van der Waals surface area contributed by atoms with Crippen LogP contribution in [0.1, 0.15) is 33.8 Å². The van der Waals surface area contributed by atoms with Crippen LogP contribution in [0.3, 0.4) is 0 Å². The van der Waals surface area contributed by atoms with Crippen molar-refractivity contribution in [3.05, 3.63) is 194 Å². The summed E-state index contributed by atoms with van der Waals surface area (Å²) in [5.74, 6) is 1.36. The lowest BCUT2D eigenvalue weighted by molar-refractivity contribution is -0.156. The third-order valence-corrected chi connectivity index (χ3v) is 10.0. The zero-order valence-corrected chi connectivity index (χ0v) is 37.1. The molecule has 0 bridgehead atoms. The number of carbonyl (C=O) groups is 3. The Morgan fingerprint density at radius 1 is 0.544 bits per heavy atom. The number of aromatic nitrogens is 2. The van der Waals surface area contributed by atoms with Crippen molar-refractivity contribution in [2.24, 2.45) is 0 Å². The van der Waals surface area contributed by atoms with Crippen LogP contribution in [0, 0.1) is 0 Å². The minimum atomic E-state index is -0.562. The fourth-order valence-corrected chi connectivity index (χ4v) is 7.25. The number of phenolic OH excluding ortho intramolecular Hbond substituents is 1. The summed E-state index contributed by atoms with van der Waals surface area (Å²) in [6.45, 7) is 4.39. The summed E-state index contributed by atoms with van der Waals surface area (Å²) in [6.07, 6.45) is 3.59. The van der Waals surface area contributed by atoms with Gasteiger partial charge in [0.05, 0.1) is 0 Å². The second kappa shape index (κ2) is 23.2. The number of nitrogens with zero attached hydrogens (tertiary/aromatic N) is 2. The van der Waals surface area contributed by atoms with Crippen LogP contribution >= 0.6 is 0 Å². The Bertz CT molecular complexity index is 3170. The van der Waals surface area contributed by atoms with Crippen molar-refractivity contribution in [3.63, 3.8) is 0 Å². The van der Waals surface area contributed by atoms with E-state index in [4.69, 9.17) is 10.5 Å². The minimum Gasteiger partial charge on any atom is -0.508 e. The highest BCUT2D eigenvalue weighted by Gasteiger charge is 2.11. The lowest BCUT2D eigenvalue weighted by Crippen LogP contribution is -2.05. The highest BCUT2D eigenvalue weighted by Crippen LogP contribution is 2.36. The first-order valence-corrected chi connectivity index (χ1v) is 21.3. The summed E-state index contributed by atoms with van der Waals surface area (Å²) >= 11 is 0. The molecule has 7 aromatic carbocycles. The number of esters is 2. The highest BCUT2D eigenvalue weighted by atomic mass is 16.6. The van der Waals surface area contributed by atoms with E-state index in [0.29, 0.717) is 12.3 Å². The molecule has 9 rings (SSSR count). The molecule has 1 amide bonds. The van der Waals surface area contributed by atoms with Gasteiger partial charge in [0.2, 0.25) is 5.91 Å². The van der Waals surface area contributed by atoms with Crippen LogP contribution in [0.15, 0.2) is 188 Å². The molecule has 0 saturated heterocycles. The van der Waals surface area contributed by atoms with Crippen LogP contribution in [-0.2, 0) is 25.7 Å². The number of hydrogen-bond acceptors (Lipinski definition) is 11. The SMILES string of the molecule is C.CC(=O)Nc1cccc(Nc2nccc3c(-c4cccc(O)c4)cccc23)c1.CC(=O)OC(C)=O.Nc1cccc(Nc2nccc3c(-c4cccc(OCc5ccccc5)c4)cccc23)c1. The number of nitrogens with two attached hydrogens (primary N) is 1. The molecule has 0 radical (unpaired) electrons. The van der Waals surface area contributed by atoms with Gasteiger partial charge in [-0.15, -0.1) is 0 Å². The number of phenols is 1. The normalized spacial score (nSPS) is 10.2. The molecular formula is C56H52N6O6. The smallest absolute Gasteiger partial charge is 0.310 e. The number of nitrogen functional groups attached to an aromatic ring is 1. The number of pyridine rings is 2. The second-order valence-corrected chi connectivity index (χ2v) is 15.2. The average Bonchev–Trinajstić information content (AvgIpc) is 3.31. The van der Waals surface area contributed by atoms with Crippen molar-refractivity contribution < 1.29 is 29.0 Å². The maximum Gasteiger partial charge on any atom is 0.310 e. The van der Waals surface area contributed by atoms with Crippen molar-refractivity contribution in [2.45, 2.75) is 34.8 Å². The molecule has 0 fully saturated rings. The molecule has 0 saturated carbocycles. The molecule has 0 aliphatic rings. The van der Waals surface area contributed by atoms with E-state index in [0.717, 1.165) is 83.8 Å². The summed E-state index contributed by atoms with van der Waals surface area (Å²) in [5, 5.41) is 23.5. The first-order valence-electron chi connectivity index (χ1n) is 21.3. The molecule has 2 heterocycles. The number of nitrogens with one attached hydrogen (secondary N) is 3. The number of carbonyl (C=O) groups excluding carboxylic acids is 3. The van der Waals surface area contributed by atoms with Crippen molar-refractivity contribution in [1.82, 2.24) is 9.97 Å². The molecule has 0 aliphatic carbocycles. The monoisotopic (exact) mass is 904 g/mol. The first-order chi connectivity index (χ1) is 32.5. The Hall–Kier alpha value is -9.03. The molecule has 12 nitrogen and oxygen atoms in total. The van der Waals surface area contributed by atoms with Crippen molar-refractivity contribution in [2.75, 3.05) is 21.7 Å². The van der Waals surface area contributed by atoms with Gasteiger partial charge in [0.1, 0.15) is 29.7 Å². The third-order valence-electron chi connectivity index (χ3n) is 10.0. The third kappa shape index (κ3) is 13.3. The first kappa shape index (κ1) is 48.4.